The molecule has 0 atom stereocenters. The van der Waals surface area contributed by atoms with E-state index in [0.717, 1.165) is 17.0 Å². The van der Waals surface area contributed by atoms with Crippen molar-refractivity contribution in [1.82, 2.24) is 15.1 Å². The van der Waals surface area contributed by atoms with Gasteiger partial charge < -0.3 is 15.8 Å². The zero-order valence-corrected chi connectivity index (χ0v) is 12.5. The summed E-state index contributed by atoms with van der Waals surface area (Å²) in [7, 11) is 1.89. The number of hydrogen-bond acceptors (Lipinski definition) is 4. The number of hydrogen-bond donors (Lipinski definition) is 2. The van der Waals surface area contributed by atoms with Crippen molar-refractivity contribution < 1.29 is 9.53 Å². The predicted molar refractivity (Wildman–Crippen MR) is 80.9 cm³/mol. The average molecular weight is 288 g/mol. The number of carbonyl (C=O) groups excluding carboxylic acids is 1. The fourth-order valence-corrected chi connectivity index (χ4v) is 2.06. The molecule has 112 valence electrons. The van der Waals surface area contributed by atoms with E-state index in [2.05, 4.69) is 10.4 Å². The third-order valence-electron chi connectivity index (χ3n) is 3.35. The number of ether oxygens (including phenoxy) is 1. The number of nitrogens with zero attached hydrogens (tertiary/aromatic N) is 2. The molecule has 3 N–H and O–H groups in total. The van der Waals surface area contributed by atoms with E-state index < -0.39 is 0 Å². The van der Waals surface area contributed by atoms with Crippen LogP contribution in [0.4, 0.5) is 5.69 Å². The highest BCUT2D eigenvalue weighted by atomic mass is 16.5. The van der Waals surface area contributed by atoms with Crippen molar-refractivity contribution in [1.29, 1.82) is 0 Å². The second-order valence-corrected chi connectivity index (χ2v) is 4.91. The molecule has 0 aliphatic carbocycles. The highest BCUT2D eigenvalue weighted by Crippen LogP contribution is 2.14. The number of aromatic nitrogens is 2. The summed E-state index contributed by atoms with van der Waals surface area (Å²) in [4.78, 5) is 11.8. The van der Waals surface area contributed by atoms with Crippen LogP contribution in [0, 0.1) is 13.8 Å². The molecule has 0 saturated carbocycles. The van der Waals surface area contributed by atoms with Gasteiger partial charge >= 0.3 is 0 Å². The van der Waals surface area contributed by atoms with Crippen molar-refractivity contribution in [3.8, 4) is 5.75 Å². The van der Waals surface area contributed by atoms with Crippen LogP contribution in [-0.4, -0.2) is 22.3 Å². The maximum absolute atomic E-state index is 11.8. The average Bonchev–Trinajstić information content (AvgIpc) is 2.68. The van der Waals surface area contributed by atoms with E-state index in [-0.39, 0.29) is 12.5 Å². The van der Waals surface area contributed by atoms with Crippen LogP contribution in [0.5, 0.6) is 5.75 Å². The number of nitrogens with two attached hydrogens (primary N) is 1. The molecule has 1 amide bonds. The molecule has 0 unspecified atom stereocenters. The first-order valence-corrected chi connectivity index (χ1v) is 6.71. The Morgan fingerprint density at radius 3 is 2.81 bits per heavy atom. The van der Waals surface area contributed by atoms with Gasteiger partial charge in [0.25, 0.3) is 5.91 Å². The Labute approximate surface area is 123 Å². The first-order chi connectivity index (χ1) is 9.97. The van der Waals surface area contributed by atoms with Crippen molar-refractivity contribution in [3.05, 3.63) is 41.2 Å². The second-order valence-electron chi connectivity index (χ2n) is 4.91. The van der Waals surface area contributed by atoms with Crippen molar-refractivity contribution >= 4 is 11.6 Å². The first kappa shape index (κ1) is 14.9. The molecule has 2 rings (SSSR count). The Balaban J connectivity index is 1.85. The van der Waals surface area contributed by atoms with Crippen LogP contribution < -0.4 is 15.8 Å². The zero-order chi connectivity index (χ0) is 15.4. The molecule has 2 aromatic rings. The van der Waals surface area contributed by atoms with Gasteiger partial charge in [-0.25, -0.2) is 0 Å². The lowest BCUT2D eigenvalue weighted by Gasteiger charge is -2.08. The van der Waals surface area contributed by atoms with Gasteiger partial charge in [-0.2, -0.15) is 5.10 Å². The number of benzene rings is 1. The Morgan fingerprint density at radius 1 is 1.43 bits per heavy atom. The lowest BCUT2D eigenvalue weighted by molar-refractivity contribution is -0.123. The normalized spacial score (nSPS) is 10.4. The minimum atomic E-state index is -0.180. The van der Waals surface area contributed by atoms with Crippen LogP contribution in [0.2, 0.25) is 0 Å². The summed E-state index contributed by atoms with van der Waals surface area (Å²) in [5, 5.41) is 7.14. The van der Waals surface area contributed by atoms with Crippen molar-refractivity contribution in [2.45, 2.75) is 20.4 Å². The van der Waals surface area contributed by atoms with E-state index in [1.165, 1.54) is 0 Å². The van der Waals surface area contributed by atoms with Gasteiger partial charge in [0, 0.05) is 36.6 Å². The number of nitrogen functional groups attached to an aromatic ring is 1. The van der Waals surface area contributed by atoms with Gasteiger partial charge in [-0.05, 0) is 26.0 Å². The van der Waals surface area contributed by atoms with Crippen molar-refractivity contribution in [2.75, 3.05) is 12.3 Å². The van der Waals surface area contributed by atoms with E-state index in [0.29, 0.717) is 18.0 Å². The summed E-state index contributed by atoms with van der Waals surface area (Å²) in [6.45, 7) is 4.31. The Bertz CT molecular complexity index is 649. The van der Waals surface area contributed by atoms with Gasteiger partial charge in [0.15, 0.2) is 6.61 Å². The summed E-state index contributed by atoms with van der Waals surface area (Å²) >= 11 is 0. The number of rotatable bonds is 5. The third kappa shape index (κ3) is 3.75. The quantitative estimate of drug-likeness (QED) is 0.813. The molecule has 6 nitrogen and oxygen atoms in total. The van der Waals surface area contributed by atoms with E-state index >= 15 is 0 Å². The van der Waals surface area contributed by atoms with Gasteiger partial charge in [0.1, 0.15) is 5.75 Å². The molecule has 0 bridgehead atoms. The fourth-order valence-electron chi connectivity index (χ4n) is 2.06. The highest BCUT2D eigenvalue weighted by molar-refractivity contribution is 5.77. The van der Waals surface area contributed by atoms with E-state index in [1.54, 1.807) is 28.9 Å². The smallest absolute Gasteiger partial charge is 0.258 e. The van der Waals surface area contributed by atoms with Gasteiger partial charge in [0.2, 0.25) is 0 Å². The number of anilines is 1. The third-order valence-corrected chi connectivity index (χ3v) is 3.35. The molecular weight excluding hydrogens is 268 g/mol. The number of aryl methyl sites for hydroxylation is 2. The molecule has 6 heteroatoms. The number of carbonyl (C=O) groups is 1. The highest BCUT2D eigenvalue weighted by Gasteiger charge is 2.10. The van der Waals surface area contributed by atoms with Crippen LogP contribution in [0.3, 0.4) is 0 Å². The van der Waals surface area contributed by atoms with E-state index in [9.17, 15) is 4.79 Å². The molecule has 21 heavy (non-hydrogen) atoms. The largest absolute Gasteiger partial charge is 0.484 e. The van der Waals surface area contributed by atoms with E-state index in [4.69, 9.17) is 10.5 Å². The van der Waals surface area contributed by atoms with Crippen molar-refractivity contribution in [2.24, 2.45) is 7.05 Å². The molecule has 1 aromatic heterocycles. The van der Waals surface area contributed by atoms with Crippen molar-refractivity contribution in [3.63, 3.8) is 0 Å². The molecule has 0 aliphatic rings. The lowest BCUT2D eigenvalue weighted by atomic mass is 10.2. The summed E-state index contributed by atoms with van der Waals surface area (Å²) in [6.07, 6.45) is 0. The second kappa shape index (κ2) is 6.30. The molecule has 0 spiro atoms. The Kier molecular flexibility index (Phi) is 4.47. The molecule has 0 saturated heterocycles. The molecule has 1 aromatic carbocycles. The van der Waals surface area contributed by atoms with Crippen LogP contribution in [-0.2, 0) is 18.4 Å². The maximum Gasteiger partial charge on any atom is 0.258 e. The monoisotopic (exact) mass is 288 g/mol. The van der Waals surface area contributed by atoms with Crippen LogP contribution in [0.25, 0.3) is 0 Å². The number of nitrogens with one attached hydrogen (secondary N) is 1. The van der Waals surface area contributed by atoms with Gasteiger partial charge in [-0.1, -0.05) is 6.07 Å². The minimum absolute atomic E-state index is 0.0399. The Hall–Kier alpha value is -2.50. The topological polar surface area (TPSA) is 82.2 Å². The molecule has 1 heterocycles. The predicted octanol–water partition coefficient (Wildman–Crippen LogP) is 1.31. The van der Waals surface area contributed by atoms with Gasteiger partial charge in [0.05, 0.1) is 5.69 Å². The van der Waals surface area contributed by atoms with Gasteiger partial charge in [-0.15, -0.1) is 0 Å². The summed E-state index contributed by atoms with van der Waals surface area (Å²) in [5.41, 5.74) is 9.26. The lowest BCUT2D eigenvalue weighted by Crippen LogP contribution is -2.28. The summed E-state index contributed by atoms with van der Waals surface area (Å²) in [5.74, 6) is 0.402. The van der Waals surface area contributed by atoms with Gasteiger partial charge in [-0.3, -0.25) is 9.48 Å². The number of amides is 1. The summed E-state index contributed by atoms with van der Waals surface area (Å²) < 4.78 is 7.20. The van der Waals surface area contributed by atoms with Crippen LogP contribution >= 0.6 is 0 Å². The standard InChI is InChI=1S/C15H20N4O2/c1-10-14(11(2)19(3)18-10)8-17-15(20)9-21-13-6-4-5-12(16)7-13/h4-7H,8-9,16H2,1-3H3,(H,17,20). The van der Waals surface area contributed by atoms with Crippen LogP contribution in [0.1, 0.15) is 17.0 Å². The van der Waals surface area contributed by atoms with E-state index in [1.807, 2.05) is 20.9 Å². The molecule has 0 radical (unpaired) electrons. The maximum atomic E-state index is 11.8. The molecule has 0 aliphatic heterocycles. The SMILES string of the molecule is Cc1nn(C)c(C)c1CNC(=O)COc1cccc(N)c1. The molecule has 0 fully saturated rings. The minimum Gasteiger partial charge on any atom is -0.484 e. The van der Waals surface area contributed by atoms with Crippen LogP contribution in [0.15, 0.2) is 24.3 Å². The fraction of sp³-hybridized carbons (Fsp3) is 0.333. The Morgan fingerprint density at radius 2 is 2.19 bits per heavy atom. The first-order valence-electron chi connectivity index (χ1n) is 6.71. The zero-order valence-electron chi connectivity index (χ0n) is 12.5. The summed E-state index contributed by atoms with van der Waals surface area (Å²) in [6, 6.07) is 6.99. The molecular formula is C15H20N4O2.